The lowest BCUT2D eigenvalue weighted by Crippen LogP contribution is -2.50. The molecule has 0 bridgehead atoms. The highest BCUT2D eigenvalue weighted by molar-refractivity contribution is 5.55. The molecule has 9 heteroatoms. The fourth-order valence-electron chi connectivity index (χ4n) is 4.26. The van der Waals surface area contributed by atoms with E-state index in [0.29, 0.717) is 22.6 Å². The van der Waals surface area contributed by atoms with Gasteiger partial charge in [-0.2, -0.15) is 15.8 Å². The van der Waals surface area contributed by atoms with Gasteiger partial charge in [0.25, 0.3) is 0 Å². The summed E-state index contributed by atoms with van der Waals surface area (Å²) in [5.41, 5.74) is 4.55. The summed E-state index contributed by atoms with van der Waals surface area (Å²) in [6, 6.07) is 17.0. The number of methoxy groups -OCH3 is 2. The zero-order valence-corrected chi connectivity index (χ0v) is 17.4. The quantitative estimate of drug-likeness (QED) is 0.561. The number of nitriles is 3. The van der Waals surface area contributed by atoms with Crippen LogP contribution >= 0.6 is 0 Å². The number of rotatable bonds is 5. The second kappa shape index (κ2) is 8.67. The first kappa shape index (κ1) is 22.1. The monoisotopic (exact) mass is 429 g/mol. The van der Waals surface area contributed by atoms with Crippen molar-refractivity contribution in [2.75, 3.05) is 14.2 Å². The first-order chi connectivity index (χ1) is 15.4. The average Bonchev–Trinajstić information content (AvgIpc) is 2.83. The molecule has 2 aromatic carbocycles. The minimum atomic E-state index is -2.10. The molecule has 0 radical (unpaired) electrons. The Kier molecular flexibility index (Phi) is 6.00. The molecule has 0 aliphatic heterocycles. The smallest absolute Gasteiger partial charge is 0.234 e. The Morgan fingerprint density at radius 2 is 1.41 bits per heavy atom. The number of nitrogens with zero attached hydrogens (tertiary/aromatic N) is 4. The van der Waals surface area contributed by atoms with Crippen LogP contribution in [-0.4, -0.2) is 25.2 Å². The third kappa shape index (κ3) is 3.34. The van der Waals surface area contributed by atoms with Gasteiger partial charge in [-0.15, -0.1) is 0 Å². The van der Waals surface area contributed by atoms with Gasteiger partial charge in [0.1, 0.15) is 11.5 Å². The van der Waals surface area contributed by atoms with E-state index >= 15 is 0 Å². The van der Waals surface area contributed by atoms with Crippen molar-refractivity contribution >= 4 is 0 Å². The van der Waals surface area contributed by atoms with E-state index < -0.39 is 28.2 Å². The van der Waals surface area contributed by atoms with Crippen LogP contribution in [0.3, 0.4) is 0 Å². The molecule has 1 aliphatic carbocycles. The van der Waals surface area contributed by atoms with E-state index in [1.165, 1.54) is 14.2 Å². The number of ether oxygens (including phenoxy) is 2. The second-order valence-electron chi connectivity index (χ2n) is 7.25. The Morgan fingerprint density at radius 3 is 1.78 bits per heavy atom. The van der Waals surface area contributed by atoms with Crippen molar-refractivity contribution in [3.05, 3.63) is 81.0 Å². The van der Waals surface area contributed by atoms with E-state index in [2.05, 4.69) is 0 Å². The Hall–Kier alpha value is -4.55. The third-order valence-electron chi connectivity index (χ3n) is 5.84. The normalized spacial score (nSPS) is 21.5. The van der Waals surface area contributed by atoms with E-state index in [0.717, 1.165) is 0 Å². The zero-order valence-electron chi connectivity index (χ0n) is 17.4. The van der Waals surface area contributed by atoms with Crippen LogP contribution in [0.4, 0.5) is 0 Å². The van der Waals surface area contributed by atoms with Gasteiger partial charge in [0, 0.05) is 4.92 Å². The van der Waals surface area contributed by atoms with E-state index in [1.807, 2.05) is 18.2 Å². The molecule has 0 saturated heterocycles. The van der Waals surface area contributed by atoms with E-state index in [9.17, 15) is 25.9 Å². The maximum Gasteiger partial charge on any atom is 0.234 e. The lowest BCUT2D eigenvalue weighted by molar-refractivity contribution is -0.532. The van der Waals surface area contributed by atoms with Gasteiger partial charge >= 0.3 is 0 Å². The fraction of sp³-hybridized carbons (Fsp3) is 0.261. The standard InChI is InChI=1S/C23H19N5O4/c1-31-16-7-3-14(4-8-16)19-18(11-24)22(27)23(12-25,13-26)20(21(19)28(29)30)15-5-9-17(32-2)10-6-15/h3-10,19-21H,27H2,1-2H3/t19-,20+,21-/m0/s1. The van der Waals surface area contributed by atoms with Crippen LogP contribution in [-0.2, 0) is 0 Å². The molecule has 0 fully saturated rings. The van der Waals surface area contributed by atoms with Crippen molar-refractivity contribution in [2.24, 2.45) is 11.1 Å². The first-order valence-electron chi connectivity index (χ1n) is 9.52. The first-order valence-corrected chi connectivity index (χ1v) is 9.52. The maximum atomic E-state index is 12.4. The second-order valence-corrected chi connectivity index (χ2v) is 7.25. The number of benzene rings is 2. The molecule has 3 rings (SSSR count). The summed E-state index contributed by atoms with van der Waals surface area (Å²) in [5.74, 6) is -1.26. The van der Waals surface area contributed by atoms with Gasteiger partial charge in [0.05, 0.1) is 55.5 Å². The molecule has 0 aromatic heterocycles. The van der Waals surface area contributed by atoms with E-state index in [-0.39, 0.29) is 11.3 Å². The van der Waals surface area contributed by atoms with Crippen LogP contribution in [0.1, 0.15) is 23.0 Å². The summed E-state index contributed by atoms with van der Waals surface area (Å²) in [5, 5.41) is 42.3. The lowest BCUT2D eigenvalue weighted by Gasteiger charge is -2.40. The van der Waals surface area contributed by atoms with Crippen LogP contribution in [0.5, 0.6) is 11.5 Å². The van der Waals surface area contributed by atoms with Gasteiger partial charge in [-0.05, 0) is 35.4 Å². The van der Waals surface area contributed by atoms with Crippen molar-refractivity contribution in [3.63, 3.8) is 0 Å². The van der Waals surface area contributed by atoms with Crippen LogP contribution in [0, 0.1) is 49.5 Å². The van der Waals surface area contributed by atoms with Crippen molar-refractivity contribution in [3.8, 4) is 29.7 Å². The third-order valence-corrected chi connectivity index (χ3v) is 5.84. The largest absolute Gasteiger partial charge is 0.497 e. The highest BCUT2D eigenvalue weighted by atomic mass is 16.6. The van der Waals surface area contributed by atoms with Crippen LogP contribution in [0.25, 0.3) is 0 Å². The highest BCUT2D eigenvalue weighted by Crippen LogP contribution is 2.54. The molecule has 2 aromatic rings. The Balaban J connectivity index is 2.36. The van der Waals surface area contributed by atoms with Gasteiger partial charge in [-0.3, -0.25) is 10.1 Å². The minimum Gasteiger partial charge on any atom is -0.497 e. The van der Waals surface area contributed by atoms with Crippen molar-refractivity contribution in [2.45, 2.75) is 17.9 Å². The van der Waals surface area contributed by atoms with Crippen LogP contribution in [0.2, 0.25) is 0 Å². The SMILES string of the molecule is COc1ccc([C@H]2C(C#N)=C(N)C(C#N)(C#N)[C@H](c3ccc(OC)cc3)[C@H]2[N+](=O)[O-])cc1. The molecular weight excluding hydrogens is 410 g/mol. The topological polar surface area (TPSA) is 159 Å². The summed E-state index contributed by atoms with van der Waals surface area (Å²) >= 11 is 0. The Bertz CT molecular complexity index is 1170. The maximum absolute atomic E-state index is 12.4. The summed E-state index contributed by atoms with van der Waals surface area (Å²) in [6.45, 7) is 0. The number of allylic oxidation sites excluding steroid dienone is 1. The summed E-state index contributed by atoms with van der Waals surface area (Å²) in [4.78, 5) is 11.9. The zero-order chi connectivity index (χ0) is 23.5. The molecule has 9 nitrogen and oxygen atoms in total. The molecule has 0 heterocycles. The molecule has 0 amide bonds. The van der Waals surface area contributed by atoms with Gasteiger partial charge in [0.15, 0.2) is 5.41 Å². The fourth-order valence-corrected chi connectivity index (χ4v) is 4.26. The van der Waals surface area contributed by atoms with Crippen LogP contribution < -0.4 is 15.2 Å². The Morgan fingerprint density at radius 1 is 0.938 bits per heavy atom. The van der Waals surface area contributed by atoms with Gasteiger partial charge in [-0.25, -0.2) is 0 Å². The van der Waals surface area contributed by atoms with Crippen molar-refractivity contribution in [1.82, 2.24) is 0 Å². The number of nitrogens with two attached hydrogens (primary N) is 1. The van der Waals surface area contributed by atoms with Gasteiger partial charge < -0.3 is 15.2 Å². The van der Waals surface area contributed by atoms with Crippen molar-refractivity contribution < 1.29 is 14.4 Å². The highest BCUT2D eigenvalue weighted by Gasteiger charge is 2.61. The number of hydrogen-bond acceptors (Lipinski definition) is 8. The molecule has 32 heavy (non-hydrogen) atoms. The van der Waals surface area contributed by atoms with Crippen LogP contribution in [0.15, 0.2) is 59.8 Å². The van der Waals surface area contributed by atoms with E-state index in [4.69, 9.17) is 15.2 Å². The molecule has 1 aliphatic rings. The lowest BCUT2D eigenvalue weighted by atomic mass is 9.58. The molecule has 0 saturated carbocycles. The Labute approximate surface area is 184 Å². The summed E-state index contributed by atoms with van der Waals surface area (Å²) in [7, 11) is 2.96. The summed E-state index contributed by atoms with van der Waals surface area (Å²) in [6.07, 6.45) is 0. The summed E-state index contributed by atoms with van der Waals surface area (Å²) < 4.78 is 10.3. The van der Waals surface area contributed by atoms with Gasteiger partial charge in [0.2, 0.25) is 6.04 Å². The average molecular weight is 429 g/mol. The molecular formula is C23H19N5O4. The molecule has 2 N–H and O–H groups in total. The number of hydrogen-bond donors (Lipinski definition) is 1. The predicted molar refractivity (Wildman–Crippen MR) is 113 cm³/mol. The molecule has 0 unspecified atom stereocenters. The predicted octanol–water partition coefficient (Wildman–Crippen LogP) is 3.00. The molecule has 160 valence electrons. The molecule has 0 spiro atoms. The molecule has 3 atom stereocenters. The minimum absolute atomic E-state index is 0.162. The van der Waals surface area contributed by atoms with E-state index in [1.54, 1.807) is 48.5 Å². The van der Waals surface area contributed by atoms with Gasteiger partial charge in [-0.1, -0.05) is 24.3 Å². The number of nitro groups is 1. The van der Waals surface area contributed by atoms with Crippen molar-refractivity contribution in [1.29, 1.82) is 15.8 Å².